The molecule has 6 nitrogen and oxygen atoms in total. The predicted molar refractivity (Wildman–Crippen MR) is 107 cm³/mol. The molecule has 0 aliphatic heterocycles. The largest absolute Gasteiger partial charge is 0.352 e. The van der Waals surface area contributed by atoms with Gasteiger partial charge in [0.25, 0.3) is 0 Å². The molecule has 1 N–H and O–H groups in total. The lowest BCUT2D eigenvalue weighted by Gasteiger charge is -2.06. The second-order valence-corrected chi connectivity index (χ2v) is 7.79. The van der Waals surface area contributed by atoms with Gasteiger partial charge in [0.1, 0.15) is 17.7 Å². The molecular formula is C19H17N5OS2. The zero-order chi connectivity index (χ0) is 18.5. The lowest BCUT2D eigenvalue weighted by atomic mass is 10.1. The number of thiophene rings is 1. The number of carbonyl (C=O) groups is 1. The molecule has 27 heavy (non-hydrogen) atoms. The minimum Gasteiger partial charge on any atom is -0.352 e. The van der Waals surface area contributed by atoms with E-state index in [0.29, 0.717) is 19.5 Å². The van der Waals surface area contributed by atoms with Crippen LogP contribution in [0.3, 0.4) is 0 Å². The Morgan fingerprint density at radius 2 is 1.96 bits per heavy atom. The number of hydrogen-bond acceptors (Lipinski definition) is 6. The van der Waals surface area contributed by atoms with E-state index in [4.69, 9.17) is 0 Å². The summed E-state index contributed by atoms with van der Waals surface area (Å²) in [5.41, 5.74) is 3.01. The zero-order valence-corrected chi connectivity index (χ0v) is 16.0. The van der Waals surface area contributed by atoms with E-state index in [-0.39, 0.29) is 5.91 Å². The van der Waals surface area contributed by atoms with E-state index in [9.17, 15) is 4.79 Å². The molecule has 0 unspecified atom stereocenters. The van der Waals surface area contributed by atoms with Gasteiger partial charge in [-0.1, -0.05) is 30.3 Å². The predicted octanol–water partition coefficient (Wildman–Crippen LogP) is 3.37. The Labute approximate surface area is 164 Å². The average Bonchev–Trinajstić information content (AvgIpc) is 3.43. The molecule has 0 atom stereocenters. The number of hydrogen-bond donors (Lipinski definition) is 1. The van der Waals surface area contributed by atoms with Crippen LogP contribution in [0.25, 0.3) is 9.88 Å². The van der Waals surface area contributed by atoms with E-state index in [2.05, 4.69) is 20.4 Å². The van der Waals surface area contributed by atoms with Crippen molar-refractivity contribution in [2.75, 3.05) is 0 Å². The van der Waals surface area contributed by atoms with Crippen molar-refractivity contribution >= 4 is 28.6 Å². The number of nitrogens with zero attached hydrogens (tertiary/aromatic N) is 4. The highest BCUT2D eigenvalue weighted by Gasteiger charge is 2.09. The van der Waals surface area contributed by atoms with Gasteiger partial charge in [-0.25, -0.2) is 14.6 Å². The van der Waals surface area contributed by atoms with Crippen LogP contribution >= 0.6 is 22.7 Å². The van der Waals surface area contributed by atoms with Crippen LogP contribution in [0, 0.1) is 0 Å². The molecule has 3 aromatic heterocycles. The highest BCUT2D eigenvalue weighted by atomic mass is 32.1. The van der Waals surface area contributed by atoms with Gasteiger partial charge in [-0.3, -0.25) is 4.79 Å². The van der Waals surface area contributed by atoms with Crippen LogP contribution in [0.2, 0.25) is 0 Å². The minimum atomic E-state index is -0.0234. The molecule has 0 aliphatic carbocycles. The first-order valence-corrected chi connectivity index (χ1v) is 10.2. The van der Waals surface area contributed by atoms with Crippen molar-refractivity contribution in [1.29, 1.82) is 0 Å². The molecule has 4 aromatic rings. The molecule has 136 valence electrons. The van der Waals surface area contributed by atoms with Crippen LogP contribution in [-0.4, -0.2) is 25.7 Å². The Kier molecular flexibility index (Phi) is 5.36. The van der Waals surface area contributed by atoms with Crippen molar-refractivity contribution in [3.63, 3.8) is 0 Å². The fourth-order valence-electron chi connectivity index (χ4n) is 2.59. The van der Waals surface area contributed by atoms with Crippen molar-refractivity contribution in [2.24, 2.45) is 0 Å². The normalized spacial score (nSPS) is 10.8. The first-order chi connectivity index (χ1) is 13.3. The van der Waals surface area contributed by atoms with E-state index >= 15 is 0 Å². The summed E-state index contributed by atoms with van der Waals surface area (Å²) in [4.78, 5) is 21.8. The van der Waals surface area contributed by atoms with Crippen molar-refractivity contribution in [1.82, 2.24) is 25.1 Å². The van der Waals surface area contributed by atoms with E-state index in [0.717, 1.165) is 26.7 Å². The van der Waals surface area contributed by atoms with Crippen LogP contribution in [0.1, 0.15) is 16.8 Å². The Morgan fingerprint density at radius 3 is 2.70 bits per heavy atom. The summed E-state index contributed by atoms with van der Waals surface area (Å²) in [5.74, 6) is -0.0234. The van der Waals surface area contributed by atoms with Crippen molar-refractivity contribution in [3.05, 3.63) is 76.6 Å². The molecule has 0 saturated carbocycles. The summed E-state index contributed by atoms with van der Waals surface area (Å²) in [6.45, 7) is 1.19. The monoisotopic (exact) mass is 395 g/mol. The SMILES string of the molecule is O=C(Cc1csc(-c2cccs2)n1)NCc1ccc(Cn2cncn2)cc1. The summed E-state index contributed by atoms with van der Waals surface area (Å²) >= 11 is 3.23. The number of carbonyl (C=O) groups excluding carboxylic acids is 1. The number of rotatable bonds is 7. The van der Waals surface area contributed by atoms with Crippen molar-refractivity contribution in [2.45, 2.75) is 19.5 Å². The van der Waals surface area contributed by atoms with E-state index in [1.807, 2.05) is 47.2 Å². The van der Waals surface area contributed by atoms with Gasteiger partial charge in [0.2, 0.25) is 5.91 Å². The zero-order valence-electron chi connectivity index (χ0n) is 14.4. The van der Waals surface area contributed by atoms with Gasteiger partial charge in [-0.15, -0.1) is 22.7 Å². The topological polar surface area (TPSA) is 72.7 Å². The van der Waals surface area contributed by atoms with Gasteiger partial charge < -0.3 is 5.32 Å². The van der Waals surface area contributed by atoms with Gasteiger partial charge in [-0.05, 0) is 22.6 Å². The Hall–Kier alpha value is -2.84. The van der Waals surface area contributed by atoms with Crippen LogP contribution < -0.4 is 5.32 Å². The van der Waals surface area contributed by atoms with E-state index in [1.54, 1.807) is 33.7 Å². The van der Waals surface area contributed by atoms with Crippen molar-refractivity contribution in [3.8, 4) is 9.88 Å². The molecular weight excluding hydrogens is 378 g/mol. The van der Waals surface area contributed by atoms with E-state index < -0.39 is 0 Å². The quantitative estimate of drug-likeness (QED) is 0.521. The third kappa shape index (κ3) is 4.66. The van der Waals surface area contributed by atoms with Gasteiger partial charge in [0.05, 0.1) is 23.5 Å². The van der Waals surface area contributed by atoms with Gasteiger partial charge in [0.15, 0.2) is 0 Å². The third-order valence-electron chi connectivity index (χ3n) is 3.95. The fraction of sp³-hybridized carbons (Fsp3) is 0.158. The number of aromatic nitrogens is 4. The molecule has 0 spiro atoms. The number of amides is 1. The fourth-order valence-corrected chi connectivity index (χ4v) is 4.23. The maximum Gasteiger partial charge on any atom is 0.226 e. The van der Waals surface area contributed by atoms with Crippen molar-refractivity contribution < 1.29 is 4.79 Å². The summed E-state index contributed by atoms with van der Waals surface area (Å²) in [5, 5.41) is 12.0. The average molecular weight is 396 g/mol. The van der Waals surface area contributed by atoms with Gasteiger partial charge >= 0.3 is 0 Å². The van der Waals surface area contributed by atoms with Gasteiger partial charge in [-0.2, -0.15) is 5.10 Å². The molecule has 1 amide bonds. The lowest BCUT2D eigenvalue weighted by molar-refractivity contribution is -0.120. The highest BCUT2D eigenvalue weighted by Crippen LogP contribution is 2.27. The van der Waals surface area contributed by atoms with E-state index in [1.165, 1.54) is 6.33 Å². The first kappa shape index (κ1) is 17.6. The molecule has 0 radical (unpaired) electrons. The maximum absolute atomic E-state index is 12.2. The van der Waals surface area contributed by atoms with Gasteiger partial charge in [0, 0.05) is 11.9 Å². The standard InChI is InChI=1S/C19H17N5OS2/c25-18(8-16-11-27-19(23-16)17-2-1-7-26-17)21-9-14-3-5-15(6-4-14)10-24-13-20-12-22-24/h1-7,11-13H,8-10H2,(H,21,25). The summed E-state index contributed by atoms with van der Waals surface area (Å²) < 4.78 is 1.77. The number of benzene rings is 1. The summed E-state index contributed by atoms with van der Waals surface area (Å²) in [6, 6.07) is 12.2. The number of nitrogens with one attached hydrogen (secondary N) is 1. The summed E-state index contributed by atoms with van der Waals surface area (Å²) in [6.07, 6.45) is 3.51. The molecule has 0 aliphatic rings. The van der Waals surface area contributed by atoms with Crippen LogP contribution in [0.5, 0.6) is 0 Å². The van der Waals surface area contributed by atoms with Crippen LogP contribution in [-0.2, 0) is 24.3 Å². The lowest BCUT2D eigenvalue weighted by Crippen LogP contribution is -2.24. The molecule has 1 aromatic carbocycles. The maximum atomic E-state index is 12.2. The number of thiazole rings is 1. The second kappa shape index (κ2) is 8.24. The summed E-state index contributed by atoms with van der Waals surface area (Å²) in [7, 11) is 0. The minimum absolute atomic E-state index is 0.0234. The first-order valence-electron chi connectivity index (χ1n) is 8.41. The Morgan fingerprint density at radius 1 is 1.11 bits per heavy atom. The highest BCUT2D eigenvalue weighted by molar-refractivity contribution is 7.20. The smallest absolute Gasteiger partial charge is 0.226 e. The molecule has 0 fully saturated rings. The molecule has 8 heteroatoms. The molecule has 4 rings (SSSR count). The van der Waals surface area contributed by atoms with Crippen LogP contribution in [0.15, 0.2) is 59.8 Å². The third-order valence-corrected chi connectivity index (χ3v) is 5.88. The second-order valence-electron chi connectivity index (χ2n) is 5.98. The molecule has 0 saturated heterocycles. The molecule has 0 bridgehead atoms. The molecule has 3 heterocycles. The Balaban J connectivity index is 1.28. The van der Waals surface area contributed by atoms with Crippen LogP contribution in [0.4, 0.5) is 0 Å². The Bertz CT molecular complexity index is 991.